The summed E-state index contributed by atoms with van der Waals surface area (Å²) in [7, 11) is 0. The van der Waals surface area contributed by atoms with Gasteiger partial charge in [-0.25, -0.2) is 0 Å². The minimum Gasteiger partial charge on any atom is -0.326 e. The first-order valence-corrected chi connectivity index (χ1v) is 9.53. The van der Waals surface area contributed by atoms with Crippen LogP contribution in [0.1, 0.15) is 25.3 Å². The molecule has 1 aliphatic heterocycles. The highest BCUT2D eigenvalue weighted by molar-refractivity contribution is 6.31. The zero-order chi connectivity index (χ0) is 19.2. The number of halogens is 1. The van der Waals surface area contributed by atoms with Crippen molar-refractivity contribution in [1.29, 1.82) is 0 Å². The third kappa shape index (κ3) is 5.55. The summed E-state index contributed by atoms with van der Waals surface area (Å²) < 4.78 is 0. The number of likely N-dealkylation sites (tertiary alicyclic amines) is 1. The molecule has 6 heteroatoms. The molecule has 0 atom stereocenters. The highest BCUT2D eigenvalue weighted by atomic mass is 35.5. The molecule has 0 saturated carbocycles. The lowest BCUT2D eigenvalue weighted by Gasteiger charge is -2.31. The van der Waals surface area contributed by atoms with Crippen molar-refractivity contribution in [3.8, 4) is 0 Å². The molecule has 27 heavy (non-hydrogen) atoms. The minimum absolute atomic E-state index is 0.00285. The van der Waals surface area contributed by atoms with E-state index in [-0.39, 0.29) is 17.7 Å². The molecule has 3 rings (SSSR count). The van der Waals surface area contributed by atoms with Crippen LogP contribution in [-0.4, -0.2) is 29.8 Å². The molecule has 0 radical (unpaired) electrons. The van der Waals surface area contributed by atoms with Crippen LogP contribution in [0.4, 0.5) is 11.4 Å². The molecule has 0 aliphatic carbocycles. The van der Waals surface area contributed by atoms with Gasteiger partial charge < -0.3 is 10.6 Å². The second-order valence-electron chi connectivity index (χ2n) is 6.89. The molecule has 2 amide bonds. The van der Waals surface area contributed by atoms with Gasteiger partial charge in [-0.3, -0.25) is 14.5 Å². The number of nitrogens with one attached hydrogen (secondary N) is 2. The van der Waals surface area contributed by atoms with Crippen LogP contribution in [0.5, 0.6) is 0 Å². The number of carbonyl (C=O) groups excluding carboxylic acids is 2. The van der Waals surface area contributed by atoms with Crippen LogP contribution < -0.4 is 10.6 Å². The zero-order valence-electron chi connectivity index (χ0n) is 15.4. The van der Waals surface area contributed by atoms with E-state index in [1.165, 1.54) is 6.92 Å². The Balaban J connectivity index is 1.51. The van der Waals surface area contributed by atoms with Crippen LogP contribution in [0.2, 0.25) is 5.02 Å². The molecule has 1 saturated heterocycles. The standard InChI is InChI=1S/C21H24ClN3O2/c1-15(26)23-18-6-4-7-19(13-18)24-21(27)16-9-11-25(12-10-16)14-17-5-2-3-8-20(17)22/h2-8,13,16H,9-12,14H2,1H3,(H,23,26)(H,24,27). The lowest BCUT2D eigenvalue weighted by atomic mass is 9.95. The summed E-state index contributed by atoms with van der Waals surface area (Å²) in [6.45, 7) is 4.01. The number of piperidine rings is 1. The summed E-state index contributed by atoms with van der Waals surface area (Å²) in [6, 6.07) is 15.1. The third-order valence-electron chi connectivity index (χ3n) is 4.76. The van der Waals surface area contributed by atoms with E-state index in [0.717, 1.165) is 43.1 Å². The van der Waals surface area contributed by atoms with Crippen molar-refractivity contribution in [3.05, 3.63) is 59.1 Å². The van der Waals surface area contributed by atoms with Crippen LogP contribution in [0.3, 0.4) is 0 Å². The van der Waals surface area contributed by atoms with E-state index < -0.39 is 0 Å². The van der Waals surface area contributed by atoms with E-state index in [4.69, 9.17) is 11.6 Å². The van der Waals surface area contributed by atoms with Crippen molar-refractivity contribution in [1.82, 2.24) is 4.90 Å². The maximum absolute atomic E-state index is 12.6. The number of amides is 2. The smallest absolute Gasteiger partial charge is 0.227 e. The summed E-state index contributed by atoms with van der Waals surface area (Å²) in [6.07, 6.45) is 1.64. The van der Waals surface area contributed by atoms with Crippen molar-refractivity contribution in [2.45, 2.75) is 26.3 Å². The Morgan fingerprint density at radius 2 is 1.70 bits per heavy atom. The van der Waals surface area contributed by atoms with Crippen molar-refractivity contribution in [2.75, 3.05) is 23.7 Å². The summed E-state index contributed by atoms with van der Waals surface area (Å²) in [5.41, 5.74) is 2.50. The van der Waals surface area contributed by atoms with E-state index in [9.17, 15) is 9.59 Å². The molecule has 2 N–H and O–H groups in total. The Labute approximate surface area is 164 Å². The van der Waals surface area contributed by atoms with Crippen molar-refractivity contribution in [2.24, 2.45) is 5.92 Å². The van der Waals surface area contributed by atoms with Crippen molar-refractivity contribution >= 4 is 34.8 Å². The second kappa shape index (κ2) is 9.02. The lowest BCUT2D eigenvalue weighted by molar-refractivity contribution is -0.121. The number of carbonyl (C=O) groups is 2. The molecular formula is C21H24ClN3O2. The maximum atomic E-state index is 12.6. The average molecular weight is 386 g/mol. The number of anilines is 2. The van der Waals surface area contributed by atoms with E-state index in [0.29, 0.717) is 11.4 Å². The third-order valence-corrected chi connectivity index (χ3v) is 5.13. The zero-order valence-corrected chi connectivity index (χ0v) is 16.1. The molecule has 1 heterocycles. The molecular weight excluding hydrogens is 362 g/mol. The normalized spacial score (nSPS) is 15.3. The fourth-order valence-electron chi connectivity index (χ4n) is 3.34. The maximum Gasteiger partial charge on any atom is 0.227 e. The van der Waals surface area contributed by atoms with Crippen LogP contribution in [0, 0.1) is 5.92 Å². The first kappa shape index (κ1) is 19.4. The molecule has 2 aromatic carbocycles. The quantitative estimate of drug-likeness (QED) is 0.812. The minimum atomic E-state index is -0.135. The Morgan fingerprint density at radius 3 is 2.37 bits per heavy atom. The molecule has 2 aromatic rings. The van der Waals surface area contributed by atoms with Gasteiger partial charge in [0, 0.05) is 35.8 Å². The van der Waals surface area contributed by atoms with Gasteiger partial charge in [0.1, 0.15) is 0 Å². The van der Waals surface area contributed by atoms with E-state index in [1.807, 2.05) is 36.4 Å². The number of hydrogen-bond donors (Lipinski definition) is 2. The Kier molecular flexibility index (Phi) is 6.48. The van der Waals surface area contributed by atoms with Crippen LogP contribution >= 0.6 is 11.6 Å². The number of hydrogen-bond acceptors (Lipinski definition) is 3. The van der Waals surface area contributed by atoms with Crippen LogP contribution in [-0.2, 0) is 16.1 Å². The van der Waals surface area contributed by atoms with Crippen molar-refractivity contribution in [3.63, 3.8) is 0 Å². The number of benzene rings is 2. The van der Waals surface area contributed by atoms with E-state index >= 15 is 0 Å². The fourth-order valence-corrected chi connectivity index (χ4v) is 3.54. The summed E-state index contributed by atoms with van der Waals surface area (Å²) in [5, 5.41) is 6.48. The Morgan fingerprint density at radius 1 is 1.04 bits per heavy atom. The monoisotopic (exact) mass is 385 g/mol. The predicted molar refractivity (Wildman–Crippen MR) is 109 cm³/mol. The molecule has 5 nitrogen and oxygen atoms in total. The second-order valence-corrected chi connectivity index (χ2v) is 7.30. The Hall–Kier alpha value is -2.37. The fraction of sp³-hybridized carbons (Fsp3) is 0.333. The number of rotatable bonds is 5. The van der Waals surface area contributed by atoms with Crippen molar-refractivity contribution < 1.29 is 9.59 Å². The van der Waals surface area contributed by atoms with Gasteiger partial charge in [-0.15, -0.1) is 0 Å². The summed E-state index contributed by atoms with van der Waals surface area (Å²) in [4.78, 5) is 26.1. The first-order chi connectivity index (χ1) is 13.0. The average Bonchev–Trinajstić information content (AvgIpc) is 2.64. The van der Waals surface area contributed by atoms with Gasteiger partial charge in [-0.2, -0.15) is 0 Å². The number of nitrogens with zero attached hydrogens (tertiary/aromatic N) is 1. The van der Waals surface area contributed by atoms with Gasteiger partial charge in [-0.05, 0) is 55.8 Å². The SMILES string of the molecule is CC(=O)Nc1cccc(NC(=O)C2CCN(Cc3ccccc3Cl)CC2)c1. The van der Waals surface area contributed by atoms with Gasteiger partial charge in [0.25, 0.3) is 0 Å². The molecule has 0 unspecified atom stereocenters. The predicted octanol–water partition coefficient (Wildman–Crippen LogP) is 4.15. The van der Waals surface area contributed by atoms with Gasteiger partial charge in [0.05, 0.1) is 0 Å². The lowest BCUT2D eigenvalue weighted by Crippen LogP contribution is -2.37. The molecule has 142 valence electrons. The summed E-state index contributed by atoms with van der Waals surface area (Å²) >= 11 is 6.24. The van der Waals surface area contributed by atoms with E-state index in [1.54, 1.807) is 12.1 Å². The van der Waals surface area contributed by atoms with Gasteiger partial charge in [0.2, 0.25) is 11.8 Å². The van der Waals surface area contributed by atoms with Crippen LogP contribution in [0.15, 0.2) is 48.5 Å². The largest absolute Gasteiger partial charge is 0.326 e. The molecule has 0 aromatic heterocycles. The van der Waals surface area contributed by atoms with Crippen LogP contribution in [0.25, 0.3) is 0 Å². The topological polar surface area (TPSA) is 61.4 Å². The Bertz CT molecular complexity index is 817. The molecule has 0 spiro atoms. The summed E-state index contributed by atoms with van der Waals surface area (Å²) in [5.74, 6) is -0.103. The molecule has 1 aliphatic rings. The van der Waals surface area contributed by atoms with E-state index in [2.05, 4.69) is 15.5 Å². The molecule has 0 bridgehead atoms. The molecule has 1 fully saturated rings. The van der Waals surface area contributed by atoms with Gasteiger partial charge in [-0.1, -0.05) is 35.9 Å². The van der Waals surface area contributed by atoms with Gasteiger partial charge >= 0.3 is 0 Å². The highest BCUT2D eigenvalue weighted by Crippen LogP contribution is 2.24. The first-order valence-electron chi connectivity index (χ1n) is 9.15. The highest BCUT2D eigenvalue weighted by Gasteiger charge is 2.25. The van der Waals surface area contributed by atoms with Gasteiger partial charge in [0.15, 0.2) is 0 Å².